The zero-order chi connectivity index (χ0) is 12.4. The van der Waals surface area contributed by atoms with Crippen molar-refractivity contribution < 1.29 is 14.1 Å². The van der Waals surface area contributed by atoms with Gasteiger partial charge in [-0.05, 0) is 23.7 Å². The van der Waals surface area contributed by atoms with Crippen LogP contribution in [0.3, 0.4) is 0 Å². The highest BCUT2D eigenvalue weighted by atomic mass is 35.5. The van der Waals surface area contributed by atoms with Crippen LogP contribution in [0.5, 0.6) is 0 Å². The third kappa shape index (κ3) is 2.16. The Kier molecular flexibility index (Phi) is 2.88. The summed E-state index contributed by atoms with van der Waals surface area (Å²) in [6.45, 7) is 0. The second-order valence-electron chi connectivity index (χ2n) is 3.10. The Morgan fingerprint density at radius 2 is 2.00 bits per heavy atom. The number of hydrogen-bond donors (Lipinski definition) is 0. The van der Waals surface area contributed by atoms with Crippen LogP contribution in [0.4, 0.5) is 5.69 Å². The monoisotopic (exact) mass is 252 g/mol. The van der Waals surface area contributed by atoms with Crippen molar-refractivity contribution >= 4 is 23.6 Å². The standard InChI is InChI=1S/C10H5ClN2O4/c11-9-8(5-14)12-10(17-9)6-1-3-7(4-2-6)13(15)16/h1-5H. The van der Waals surface area contributed by atoms with Crippen molar-refractivity contribution in [3.8, 4) is 11.5 Å². The number of rotatable bonds is 3. The van der Waals surface area contributed by atoms with E-state index in [-0.39, 0.29) is 22.5 Å². The fourth-order valence-corrected chi connectivity index (χ4v) is 1.40. The van der Waals surface area contributed by atoms with E-state index in [2.05, 4.69) is 4.98 Å². The van der Waals surface area contributed by atoms with E-state index in [4.69, 9.17) is 16.0 Å². The molecule has 0 spiro atoms. The normalized spacial score (nSPS) is 10.2. The number of aldehydes is 1. The van der Waals surface area contributed by atoms with Gasteiger partial charge in [0, 0.05) is 17.7 Å². The van der Waals surface area contributed by atoms with Gasteiger partial charge < -0.3 is 4.42 Å². The molecule has 0 N–H and O–H groups in total. The number of benzene rings is 1. The number of halogens is 1. The summed E-state index contributed by atoms with van der Waals surface area (Å²) in [7, 11) is 0. The summed E-state index contributed by atoms with van der Waals surface area (Å²) in [6.07, 6.45) is 0.473. The van der Waals surface area contributed by atoms with Gasteiger partial charge >= 0.3 is 0 Å². The fraction of sp³-hybridized carbons (Fsp3) is 0. The fourth-order valence-electron chi connectivity index (χ4n) is 1.24. The summed E-state index contributed by atoms with van der Waals surface area (Å²) in [5.74, 6) is 0.145. The smallest absolute Gasteiger partial charge is 0.269 e. The lowest BCUT2D eigenvalue weighted by atomic mass is 10.2. The molecule has 0 amide bonds. The maximum Gasteiger partial charge on any atom is 0.269 e. The number of hydrogen-bond acceptors (Lipinski definition) is 5. The Hall–Kier alpha value is -2.21. The average molecular weight is 253 g/mol. The quantitative estimate of drug-likeness (QED) is 0.476. The summed E-state index contributed by atoms with van der Waals surface area (Å²) in [5.41, 5.74) is 0.465. The molecule has 0 unspecified atom stereocenters. The van der Waals surface area contributed by atoms with Gasteiger partial charge in [-0.3, -0.25) is 14.9 Å². The van der Waals surface area contributed by atoms with E-state index in [1.165, 1.54) is 24.3 Å². The highest BCUT2D eigenvalue weighted by molar-refractivity contribution is 6.31. The van der Waals surface area contributed by atoms with E-state index in [9.17, 15) is 14.9 Å². The molecule has 0 saturated heterocycles. The first-order valence-electron chi connectivity index (χ1n) is 4.48. The lowest BCUT2D eigenvalue weighted by molar-refractivity contribution is -0.384. The maximum atomic E-state index is 10.5. The second kappa shape index (κ2) is 4.34. The van der Waals surface area contributed by atoms with Gasteiger partial charge in [-0.25, -0.2) is 4.98 Å². The van der Waals surface area contributed by atoms with Gasteiger partial charge in [0.05, 0.1) is 4.92 Å². The van der Waals surface area contributed by atoms with Crippen LogP contribution >= 0.6 is 11.6 Å². The molecule has 2 aromatic rings. The Labute approximate surface area is 100.0 Å². The van der Waals surface area contributed by atoms with Crippen LogP contribution in [-0.4, -0.2) is 16.2 Å². The summed E-state index contributed by atoms with van der Waals surface area (Å²) >= 11 is 5.61. The first kappa shape index (κ1) is 11.3. The van der Waals surface area contributed by atoms with Crippen molar-refractivity contribution in [2.75, 3.05) is 0 Å². The minimum Gasteiger partial charge on any atom is -0.424 e. The second-order valence-corrected chi connectivity index (χ2v) is 3.44. The number of non-ortho nitro benzene ring substituents is 1. The van der Waals surface area contributed by atoms with Crippen LogP contribution in [0.1, 0.15) is 10.5 Å². The zero-order valence-corrected chi connectivity index (χ0v) is 9.05. The third-order valence-electron chi connectivity index (χ3n) is 2.05. The minimum atomic E-state index is -0.511. The number of nitrogens with zero attached hydrogens (tertiary/aromatic N) is 2. The Morgan fingerprint density at radius 1 is 1.35 bits per heavy atom. The highest BCUT2D eigenvalue weighted by Gasteiger charge is 2.13. The number of carbonyl (C=O) groups is 1. The summed E-state index contributed by atoms with van der Waals surface area (Å²) in [4.78, 5) is 24.3. The van der Waals surface area contributed by atoms with Gasteiger partial charge in [0.2, 0.25) is 11.1 Å². The molecule has 86 valence electrons. The number of nitro groups is 1. The van der Waals surface area contributed by atoms with Gasteiger partial charge in [0.1, 0.15) is 0 Å². The topological polar surface area (TPSA) is 86.2 Å². The maximum absolute atomic E-state index is 10.5. The van der Waals surface area contributed by atoms with Crippen molar-refractivity contribution in [3.05, 3.63) is 45.3 Å². The molecule has 0 atom stereocenters. The third-order valence-corrected chi connectivity index (χ3v) is 2.32. The van der Waals surface area contributed by atoms with Gasteiger partial charge in [0.15, 0.2) is 12.0 Å². The van der Waals surface area contributed by atoms with Crippen LogP contribution in [0.15, 0.2) is 28.7 Å². The van der Waals surface area contributed by atoms with Crippen LogP contribution in [0, 0.1) is 10.1 Å². The predicted octanol–water partition coefficient (Wildman–Crippen LogP) is 2.72. The average Bonchev–Trinajstić information content (AvgIpc) is 2.70. The largest absolute Gasteiger partial charge is 0.424 e. The van der Waals surface area contributed by atoms with E-state index >= 15 is 0 Å². The Morgan fingerprint density at radius 3 is 2.47 bits per heavy atom. The van der Waals surface area contributed by atoms with E-state index in [1.807, 2.05) is 0 Å². The van der Waals surface area contributed by atoms with Crippen molar-refractivity contribution in [1.29, 1.82) is 0 Å². The molecule has 1 heterocycles. The zero-order valence-electron chi connectivity index (χ0n) is 8.29. The van der Waals surface area contributed by atoms with Crippen molar-refractivity contribution in [3.63, 3.8) is 0 Å². The molecule has 1 aromatic carbocycles. The number of oxazole rings is 1. The molecule has 0 fully saturated rings. The summed E-state index contributed by atoms with van der Waals surface area (Å²) in [6, 6.07) is 5.56. The molecule has 0 aliphatic carbocycles. The molecular formula is C10H5ClN2O4. The first-order chi connectivity index (χ1) is 8.11. The summed E-state index contributed by atoms with van der Waals surface area (Å²) < 4.78 is 5.05. The van der Waals surface area contributed by atoms with Crippen molar-refractivity contribution in [2.24, 2.45) is 0 Å². The van der Waals surface area contributed by atoms with Crippen LogP contribution in [0.25, 0.3) is 11.5 Å². The van der Waals surface area contributed by atoms with Crippen molar-refractivity contribution in [2.45, 2.75) is 0 Å². The van der Waals surface area contributed by atoms with E-state index < -0.39 is 4.92 Å². The Bertz CT molecular complexity index is 576. The first-order valence-corrected chi connectivity index (χ1v) is 4.86. The molecule has 17 heavy (non-hydrogen) atoms. The van der Waals surface area contributed by atoms with Crippen molar-refractivity contribution in [1.82, 2.24) is 4.98 Å². The van der Waals surface area contributed by atoms with Crippen LogP contribution in [-0.2, 0) is 0 Å². The SMILES string of the molecule is O=Cc1nc(-c2ccc([N+](=O)[O-])cc2)oc1Cl. The molecule has 1 aromatic heterocycles. The number of carbonyl (C=O) groups excluding carboxylic acids is 1. The molecule has 0 bridgehead atoms. The molecule has 7 heteroatoms. The number of aromatic nitrogens is 1. The molecule has 2 rings (SSSR count). The Balaban J connectivity index is 2.39. The molecule has 6 nitrogen and oxygen atoms in total. The lowest BCUT2D eigenvalue weighted by Crippen LogP contribution is -1.87. The lowest BCUT2D eigenvalue weighted by Gasteiger charge is -1.94. The van der Waals surface area contributed by atoms with Gasteiger partial charge in [-0.1, -0.05) is 0 Å². The highest BCUT2D eigenvalue weighted by Crippen LogP contribution is 2.25. The van der Waals surface area contributed by atoms with Gasteiger partial charge in [0.25, 0.3) is 5.69 Å². The molecule has 0 saturated carbocycles. The molecular weight excluding hydrogens is 248 g/mol. The predicted molar refractivity (Wildman–Crippen MR) is 59.0 cm³/mol. The van der Waals surface area contributed by atoms with Gasteiger partial charge in [-0.15, -0.1) is 0 Å². The number of nitro benzene ring substituents is 1. The molecule has 0 aliphatic rings. The summed E-state index contributed by atoms with van der Waals surface area (Å²) in [5, 5.41) is 10.3. The van der Waals surface area contributed by atoms with Gasteiger partial charge in [-0.2, -0.15) is 0 Å². The molecule has 0 radical (unpaired) electrons. The van der Waals surface area contributed by atoms with Crippen LogP contribution < -0.4 is 0 Å². The van der Waals surface area contributed by atoms with E-state index in [0.29, 0.717) is 11.8 Å². The van der Waals surface area contributed by atoms with E-state index in [0.717, 1.165) is 0 Å². The minimum absolute atomic E-state index is 0.0000180. The van der Waals surface area contributed by atoms with Crippen LogP contribution in [0.2, 0.25) is 5.22 Å². The van der Waals surface area contributed by atoms with E-state index in [1.54, 1.807) is 0 Å². The molecule has 0 aliphatic heterocycles.